The number of benzene rings is 1. The highest BCUT2D eigenvalue weighted by atomic mass is 16.5. The van der Waals surface area contributed by atoms with Crippen LogP contribution in [0.25, 0.3) is 0 Å². The Bertz CT molecular complexity index is 488. The molecule has 116 valence electrons. The Morgan fingerprint density at radius 1 is 1.43 bits per heavy atom. The second kappa shape index (κ2) is 6.37. The Labute approximate surface area is 128 Å². The van der Waals surface area contributed by atoms with Gasteiger partial charge in [-0.3, -0.25) is 0 Å². The van der Waals surface area contributed by atoms with E-state index in [1.807, 2.05) is 0 Å². The van der Waals surface area contributed by atoms with Crippen LogP contribution in [0, 0.1) is 5.92 Å². The van der Waals surface area contributed by atoms with Crippen molar-refractivity contribution in [3.05, 3.63) is 29.3 Å². The van der Waals surface area contributed by atoms with Crippen molar-refractivity contribution in [1.82, 2.24) is 10.2 Å². The Morgan fingerprint density at radius 3 is 3.05 bits per heavy atom. The molecule has 0 aromatic heterocycles. The van der Waals surface area contributed by atoms with E-state index in [4.69, 9.17) is 4.74 Å². The van der Waals surface area contributed by atoms with Gasteiger partial charge in [0.1, 0.15) is 5.75 Å². The van der Waals surface area contributed by atoms with Crippen LogP contribution in [-0.2, 0) is 6.42 Å². The van der Waals surface area contributed by atoms with Gasteiger partial charge in [-0.1, -0.05) is 26.0 Å². The highest BCUT2D eigenvalue weighted by Crippen LogP contribution is 2.30. The van der Waals surface area contributed by atoms with Crippen LogP contribution < -0.4 is 10.1 Å². The molecular formula is C18H28N2O. The maximum absolute atomic E-state index is 5.62. The molecule has 3 heteroatoms. The molecule has 0 aliphatic carbocycles. The van der Waals surface area contributed by atoms with Crippen LogP contribution in [0.4, 0.5) is 0 Å². The summed E-state index contributed by atoms with van der Waals surface area (Å²) in [5, 5.41) is 3.92. The largest absolute Gasteiger partial charge is 0.493 e. The molecule has 2 heterocycles. The van der Waals surface area contributed by atoms with Gasteiger partial charge in [-0.15, -0.1) is 0 Å². The number of piperidine rings is 1. The average molecular weight is 288 g/mol. The van der Waals surface area contributed by atoms with Crippen LogP contribution in [0.2, 0.25) is 0 Å². The highest BCUT2D eigenvalue weighted by Gasteiger charge is 2.26. The smallest absolute Gasteiger partial charge is 0.122 e. The number of nitrogens with one attached hydrogen (secondary N) is 1. The van der Waals surface area contributed by atoms with Gasteiger partial charge in [-0.25, -0.2) is 0 Å². The Balaban J connectivity index is 1.70. The zero-order valence-electron chi connectivity index (χ0n) is 13.6. The monoisotopic (exact) mass is 288 g/mol. The van der Waals surface area contributed by atoms with Crippen molar-refractivity contribution in [1.29, 1.82) is 0 Å². The molecule has 0 saturated carbocycles. The zero-order chi connectivity index (χ0) is 14.8. The third-order valence-corrected chi connectivity index (χ3v) is 5.05. The van der Waals surface area contributed by atoms with Gasteiger partial charge in [0, 0.05) is 25.0 Å². The van der Waals surface area contributed by atoms with Crippen LogP contribution in [0.15, 0.2) is 18.2 Å². The van der Waals surface area contributed by atoms with E-state index in [-0.39, 0.29) is 0 Å². The molecular weight excluding hydrogens is 260 g/mol. The standard InChI is InChI=1S/C18H28N2O/c1-4-16(19-17-7-9-20(3)12-13(17)2)14-5-6-18-15(11-14)8-10-21-18/h5-6,11,13,16-17,19H,4,7-10,12H2,1-3H3. The van der Waals surface area contributed by atoms with Crippen molar-refractivity contribution < 1.29 is 4.74 Å². The minimum absolute atomic E-state index is 0.465. The number of nitrogens with zero attached hydrogens (tertiary/aromatic N) is 1. The SMILES string of the molecule is CCC(NC1CCN(C)CC1C)c1ccc2c(c1)CCO2. The molecule has 3 atom stereocenters. The van der Waals surface area contributed by atoms with Crippen LogP contribution in [0.5, 0.6) is 5.75 Å². The van der Waals surface area contributed by atoms with Gasteiger partial charge >= 0.3 is 0 Å². The molecule has 0 amide bonds. The molecule has 1 fully saturated rings. The Kier molecular flexibility index (Phi) is 4.51. The first-order valence-corrected chi connectivity index (χ1v) is 8.37. The van der Waals surface area contributed by atoms with Crippen molar-refractivity contribution in [3.63, 3.8) is 0 Å². The fourth-order valence-corrected chi connectivity index (χ4v) is 3.73. The molecule has 1 saturated heterocycles. The number of likely N-dealkylation sites (tertiary alicyclic amines) is 1. The van der Waals surface area contributed by atoms with E-state index in [1.165, 1.54) is 30.6 Å². The maximum atomic E-state index is 5.62. The zero-order valence-corrected chi connectivity index (χ0v) is 13.6. The molecule has 0 radical (unpaired) electrons. The lowest BCUT2D eigenvalue weighted by Gasteiger charge is -2.37. The summed E-state index contributed by atoms with van der Waals surface area (Å²) >= 11 is 0. The predicted molar refractivity (Wildman–Crippen MR) is 86.9 cm³/mol. The summed E-state index contributed by atoms with van der Waals surface area (Å²) < 4.78 is 5.62. The molecule has 1 N–H and O–H groups in total. The van der Waals surface area contributed by atoms with Gasteiger partial charge in [-0.05, 0) is 49.5 Å². The van der Waals surface area contributed by atoms with E-state index < -0.39 is 0 Å². The van der Waals surface area contributed by atoms with Crippen molar-refractivity contribution >= 4 is 0 Å². The molecule has 3 unspecified atom stereocenters. The summed E-state index contributed by atoms with van der Waals surface area (Å²) in [7, 11) is 2.23. The van der Waals surface area contributed by atoms with Crippen molar-refractivity contribution in [2.75, 3.05) is 26.7 Å². The van der Waals surface area contributed by atoms with Crippen LogP contribution in [-0.4, -0.2) is 37.7 Å². The van der Waals surface area contributed by atoms with Gasteiger partial charge in [0.25, 0.3) is 0 Å². The summed E-state index contributed by atoms with van der Waals surface area (Å²) in [6.45, 7) is 7.90. The Morgan fingerprint density at radius 2 is 2.29 bits per heavy atom. The Hall–Kier alpha value is -1.06. The summed E-state index contributed by atoms with van der Waals surface area (Å²) in [6, 6.07) is 7.84. The summed E-state index contributed by atoms with van der Waals surface area (Å²) in [4.78, 5) is 2.44. The third kappa shape index (κ3) is 3.24. The van der Waals surface area contributed by atoms with E-state index in [2.05, 4.69) is 49.3 Å². The van der Waals surface area contributed by atoms with Crippen molar-refractivity contribution in [2.45, 2.75) is 45.2 Å². The topological polar surface area (TPSA) is 24.5 Å². The van der Waals surface area contributed by atoms with E-state index in [0.29, 0.717) is 12.1 Å². The molecule has 1 aromatic carbocycles. The minimum atomic E-state index is 0.465. The van der Waals surface area contributed by atoms with Crippen LogP contribution >= 0.6 is 0 Å². The van der Waals surface area contributed by atoms with E-state index in [1.54, 1.807) is 0 Å². The van der Waals surface area contributed by atoms with Gasteiger partial charge in [0.15, 0.2) is 0 Å². The first kappa shape index (κ1) is 14.9. The molecule has 2 aliphatic heterocycles. The van der Waals surface area contributed by atoms with Crippen LogP contribution in [0.3, 0.4) is 0 Å². The second-order valence-electron chi connectivity index (χ2n) is 6.73. The molecule has 3 nitrogen and oxygen atoms in total. The second-order valence-corrected chi connectivity index (χ2v) is 6.73. The first-order valence-electron chi connectivity index (χ1n) is 8.37. The number of hydrogen-bond donors (Lipinski definition) is 1. The molecule has 1 aromatic rings. The molecule has 0 bridgehead atoms. The summed E-state index contributed by atoms with van der Waals surface area (Å²) in [5.74, 6) is 1.80. The lowest BCUT2D eigenvalue weighted by molar-refractivity contribution is 0.165. The number of fused-ring (bicyclic) bond motifs is 1. The fraction of sp³-hybridized carbons (Fsp3) is 0.667. The normalized spacial score (nSPS) is 27.2. The predicted octanol–water partition coefficient (Wildman–Crippen LogP) is 3.00. The molecule has 3 rings (SSSR count). The maximum Gasteiger partial charge on any atom is 0.122 e. The third-order valence-electron chi connectivity index (χ3n) is 5.05. The number of rotatable bonds is 4. The first-order chi connectivity index (χ1) is 10.2. The molecule has 0 spiro atoms. The van der Waals surface area contributed by atoms with Crippen molar-refractivity contribution in [3.8, 4) is 5.75 Å². The lowest BCUT2D eigenvalue weighted by Crippen LogP contribution is -2.47. The van der Waals surface area contributed by atoms with Gasteiger partial charge in [0.2, 0.25) is 0 Å². The lowest BCUT2D eigenvalue weighted by atomic mass is 9.91. The van der Waals surface area contributed by atoms with Crippen molar-refractivity contribution in [2.24, 2.45) is 5.92 Å². The van der Waals surface area contributed by atoms with E-state index >= 15 is 0 Å². The molecule has 21 heavy (non-hydrogen) atoms. The van der Waals surface area contributed by atoms with E-state index in [0.717, 1.165) is 31.1 Å². The van der Waals surface area contributed by atoms with Gasteiger partial charge in [0.05, 0.1) is 6.61 Å². The van der Waals surface area contributed by atoms with E-state index in [9.17, 15) is 0 Å². The summed E-state index contributed by atoms with van der Waals surface area (Å²) in [6.07, 6.45) is 3.45. The number of hydrogen-bond acceptors (Lipinski definition) is 3. The summed E-state index contributed by atoms with van der Waals surface area (Å²) in [5.41, 5.74) is 2.80. The number of ether oxygens (including phenoxy) is 1. The van der Waals surface area contributed by atoms with Crippen LogP contribution in [0.1, 0.15) is 43.9 Å². The average Bonchev–Trinajstić information content (AvgIpc) is 2.94. The quantitative estimate of drug-likeness (QED) is 0.922. The fourth-order valence-electron chi connectivity index (χ4n) is 3.73. The van der Waals surface area contributed by atoms with Gasteiger partial charge in [-0.2, -0.15) is 0 Å². The van der Waals surface area contributed by atoms with Gasteiger partial charge < -0.3 is 15.0 Å². The minimum Gasteiger partial charge on any atom is -0.493 e. The molecule has 2 aliphatic rings. The highest BCUT2D eigenvalue weighted by molar-refractivity contribution is 5.40.